The summed E-state index contributed by atoms with van der Waals surface area (Å²) in [6, 6.07) is 0. The molecule has 1 atom stereocenters. The van der Waals surface area contributed by atoms with Crippen molar-refractivity contribution in [1.82, 2.24) is 0 Å². The van der Waals surface area contributed by atoms with Gasteiger partial charge in [0.25, 0.3) is 0 Å². The molecule has 0 fully saturated rings. The first-order chi connectivity index (χ1) is 6.62. The highest BCUT2D eigenvalue weighted by Crippen LogP contribution is 2.42. The molecule has 0 amide bonds. The lowest BCUT2D eigenvalue weighted by molar-refractivity contribution is 0.261. The zero-order chi connectivity index (χ0) is 10.9. The van der Waals surface area contributed by atoms with E-state index in [1.807, 2.05) is 0 Å². The van der Waals surface area contributed by atoms with Gasteiger partial charge in [0.2, 0.25) is 0 Å². The lowest BCUT2D eigenvalue weighted by Crippen LogP contribution is -1.91. The Balaban J connectivity index is 3.21. The molecule has 0 bridgehead atoms. The largest absolute Gasteiger partial charge is 0.351 e. The molecule has 14 heavy (non-hydrogen) atoms. The first-order valence-electron chi connectivity index (χ1n) is 5.23. The van der Waals surface area contributed by atoms with Crippen molar-refractivity contribution in [3.63, 3.8) is 0 Å². The second-order valence-corrected chi connectivity index (χ2v) is 5.10. The average Bonchev–Trinajstić information content (AvgIpc) is 2.16. The molecule has 0 saturated carbocycles. The second kappa shape index (κ2) is 8.22. The molecule has 84 valence electrons. The van der Waals surface area contributed by atoms with Gasteiger partial charge in [-0.1, -0.05) is 45.6 Å². The molecule has 0 aliphatic carbocycles. The van der Waals surface area contributed by atoms with Crippen molar-refractivity contribution in [3.05, 3.63) is 12.4 Å². The van der Waals surface area contributed by atoms with E-state index < -0.39 is 7.60 Å². The average molecular weight is 220 g/mol. The van der Waals surface area contributed by atoms with E-state index in [9.17, 15) is 4.57 Å². The molecule has 1 unspecified atom stereocenters. The molecule has 0 aromatic carbocycles. The number of hydrogen-bond acceptors (Lipinski definition) is 2. The highest BCUT2D eigenvalue weighted by atomic mass is 31.2. The van der Waals surface area contributed by atoms with Crippen molar-refractivity contribution in [2.24, 2.45) is 0 Å². The van der Waals surface area contributed by atoms with Crippen molar-refractivity contribution >= 4 is 7.60 Å². The predicted octanol–water partition coefficient (Wildman–Crippen LogP) is 3.69. The van der Waals surface area contributed by atoms with Crippen LogP contribution in [0.5, 0.6) is 0 Å². The Bertz CT molecular complexity index is 192. The highest BCUT2D eigenvalue weighted by molar-refractivity contribution is 7.56. The highest BCUT2D eigenvalue weighted by Gasteiger charge is 2.11. The van der Waals surface area contributed by atoms with Crippen LogP contribution in [-0.4, -0.2) is 11.5 Å². The van der Waals surface area contributed by atoms with Gasteiger partial charge in [0.15, 0.2) is 0 Å². The lowest BCUT2D eigenvalue weighted by atomic mass is 10.1. The van der Waals surface area contributed by atoms with Crippen LogP contribution in [0.25, 0.3) is 0 Å². The zero-order valence-electron chi connectivity index (χ0n) is 8.95. The summed E-state index contributed by atoms with van der Waals surface area (Å²) in [5, 5.41) is 0. The molecular formula is C10H21O3P. The zero-order valence-corrected chi connectivity index (χ0v) is 9.84. The monoisotopic (exact) mass is 220 g/mol. The summed E-state index contributed by atoms with van der Waals surface area (Å²) in [5.41, 5.74) is 0. The SMILES string of the molecule is C=CP(=O)(O)OCCCCCCCC. The minimum absolute atomic E-state index is 0.353. The predicted molar refractivity (Wildman–Crippen MR) is 59.4 cm³/mol. The van der Waals surface area contributed by atoms with Crippen LogP contribution in [0.4, 0.5) is 0 Å². The fourth-order valence-electron chi connectivity index (χ4n) is 1.13. The molecule has 0 aliphatic rings. The summed E-state index contributed by atoms with van der Waals surface area (Å²) in [5.74, 6) is 0.976. The van der Waals surface area contributed by atoms with E-state index in [2.05, 4.69) is 13.5 Å². The van der Waals surface area contributed by atoms with Crippen molar-refractivity contribution in [1.29, 1.82) is 0 Å². The van der Waals surface area contributed by atoms with Gasteiger partial charge in [-0.15, -0.1) is 0 Å². The molecule has 0 aromatic rings. The van der Waals surface area contributed by atoms with Crippen LogP contribution in [0.1, 0.15) is 45.4 Å². The van der Waals surface area contributed by atoms with Crippen LogP contribution in [0.2, 0.25) is 0 Å². The van der Waals surface area contributed by atoms with Crippen molar-refractivity contribution < 1.29 is 14.0 Å². The van der Waals surface area contributed by atoms with Crippen LogP contribution in [0, 0.1) is 0 Å². The van der Waals surface area contributed by atoms with Gasteiger partial charge in [-0.3, -0.25) is 4.57 Å². The van der Waals surface area contributed by atoms with Crippen molar-refractivity contribution in [3.8, 4) is 0 Å². The minimum Gasteiger partial charge on any atom is -0.321 e. The summed E-state index contributed by atoms with van der Waals surface area (Å²) in [6.07, 6.45) is 6.85. The van der Waals surface area contributed by atoms with Crippen LogP contribution in [-0.2, 0) is 9.09 Å². The van der Waals surface area contributed by atoms with Gasteiger partial charge < -0.3 is 9.42 Å². The van der Waals surface area contributed by atoms with Crippen LogP contribution in [0.3, 0.4) is 0 Å². The van der Waals surface area contributed by atoms with Crippen LogP contribution in [0.15, 0.2) is 12.4 Å². The van der Waals surface area contributed by atoms with Crippen molar-refractivity contribution in [2.75, 3.05) is 6.61 Å². The molecule has 0 rings (SSSR count). The third kappa shape index (κ3) is 8.49. The molecular weight excluding hydrogens is 199 g/mol. The van der Waals surface area contributed by atoms with Gasteiger partial charge in [0.1, 0.15) is 0 Å². The standard InChI is InChI=1S/C10H21O3P/c1-3-5-6-7-8-9-10-13-14(11,12)4-2/h4H,2-3,5-10H2,1H3,(H,11,12). The molecule has 1 N–H and O–H groups in total. The fraction of sp³-hybridized carbons (Fsp3) is 0.800. The van der Waals surface area contributed by atoms with E-state index in [4.69, 9.17) is 9.42 Å². The summed E-state index contributed by atoms with van der Waals surface area (Å²) in [6.45, 7) is 5.76. The Kier molecular flexibility index (Phi) is 8.15. The molecule has 0 spiro atoms. The maximum absolute atomic E-state index is 10.9. The van der Waals surface area contributed by atoms with E-state index in [1.165, 1.54) is 25.7 Å². The molecule has 3 nitrogen and oxygen atoms in total. The maximum Gasteiger partial charge on any atom is 0.351 e. The molecule has 0 aromatic heterocycles. The quantitative estimate of drug-likeness (QED) is 0.476. The Labute approximate surface area is 86.7 Å². The summed E-state index contributed by atoms with van der Waals surface area (Å²) >= 11 is 0. The topological polar surface area (TPSA) is 46.5 Å². The molecule has 0 saturated heterocycles. The molecule has 0 heterocycles. The Morgan fingerprint density at radius 2 is 1.86 bits per heavy atom. The lowest BCUT2D eigenvalue weighted by Gasteiger charge is -2.06. The van der Waals surface area contributed by atoms with Crippen LogP contribution < -0.4 is 0 Å². The van der Waals surface area contributed by atoms with E-state index in [0.717, 1.165) is 18.7 Å². The normalized spacial score (nSPS) is 15.0. The molecule has 4 heteroatoms. The maximum atomic E-state index is 10.9. The summed E-state index contributed by atoms with van der Waals surface area (Å²) in [7, 11) is -3.47. The summed E-state index contributed by atoms with van der Waals surface area (Å²) in [4.78, 5) is 8.98. The second-order valence-electron chi connectivity index (χ2n) is 3.35. The first-order valence-corrected chi connectivity index (χ1v) is 6.87. The summed E-state index contributed by atoms with van der Waals surface area (Å²) < 4.78 is 15.7. The third-order valence-electron chi connectivity index (χ3n) is 2.00. The minimum atomic E-state index is -3.47. The molecule has 0 aliphatic heterocycles. The Morgan fingerprint density at radius 3 is 2.43 bits per heavy atom. The Hall–Kier alpha value is -0.110. The fourth-order valence-corrected chi connectivity index (χ4v) is 1.63. The third-order valence-corrected chi connectivity index (χ3v) is 3.02. The number of hydrogen-bond donors (Lipinski definition) is 1. The van der Waals surface area contributed by atoms with Gasteiger partial charge in [-0.05, 0) is 6.42 Å². The van der Waals surface area contributed by atoms with Gasteiger partial charge in [-0.25, -0.2) is 0 Å². The van der Waals surface area contributed by atoms with Crippen molar-refractivity contribution in [2.45, 2.75) is 45.4 Å². The number of unbranched alkanes of at least 4 members (excludes halogenated alkanes) is 5. The Morgan fingerprint density at radius 1 is 1.29 bits per heavy atom. The van der Waals surface area contributed by atoms with E-state index in [1.54, 1.807) is 0 Å². The van der Waals surface area contributed by atoms with Gasteiger partial charge in [-0.2, -0.15) is 0 Å². The van der Waals surface area contributed by atoms with E-state index >= 15 is 0 Å². The smallest absolute Gasteiger partial charge is 0.321 e. The molecule has 0 radical (unpaired) electrons. The van der Waals surface area contributed by atoms with Gasteiger partial charge >= 0.3 is 7.60 Å². The van der Waals surface area contributed by atoms with E-state index in [-0.39, 0.29) is 0 Å². The van der Waals surface area contributed by atoms with E-state index in [0.29, 0.717) is 6.61 Å². The van der Waals surface area contributed by atoms with Gasteiger partial charge in [0.05, 0.1) is 6.61 Å². The first kappa shape index (κ1) is 13.9. The van der Waals surface area contributed by atoms with Crippen LogP contribution >= 0.6 is 7.60 Å². The van der Waals surface area contributed by atoms with Gasteiger partial charge in [0, 0.05) is 5.82 Å². The number of rotatable bonds is 9.